The third kappa shape index (κ3) is 4.80. The van der Waals surface area contributed by atoms with E-state index in [0.29, 0.717) is 6.42 Å². The van der Waals surface area contributed by atoms with Crippen molar-refractivity contribution in [2.24, 2.45) is 0 Å². The average molecular weight is 416 g/mol. The van der Waals surface area contributed by atoms with Crippen molar-refractivity contribution in [3.63, 3.8) is 0 Å². The molecule has 1 aromatic carbocycles. The van der Waals surface area contributed by atoms with Crippen LogP contribution in [-0.4, -0.2) is 69.3 Å². The van der Waals surface area contributed by atoms with Gasteiger partial charge in [0.25, 0.3) is 0 Å². The fourth-order valence-electron chi connectivity index (χ4n) is 3.29. The predicted molar refractivity (Wildman–Crippen MR) is 92.0 cm³/mol. The zero-order chi connectivity index (χ0) is 18.1. The number of benzene rings is 1. The second kappa shape index (κ2) is 8.30. The molecule has 0 aromatic heterocycles. The lowest BCUT2D eigenvalue weighted by atomic mass is 10.2. The van der Waals surface area contributed by atoms with Gasteiger partial charge in [0.05, 0.1) is 0 Å². The molecule has 0 amide bonds. The highest BCUT2D eigenvalue weighted by molar-refractivity contribution is 7.89. The molecule has 6 nitrogen and oxygen atoms in total. The molecule has 1 aromatic rings. The molecule has 2 saturated heterocycles. The molecule has 0 bridgehead atoms. The molecule has 11 heteroatoms. The quantitative estimate of drug-likeness (QED) is 0.810. The smallest absolute Gasteiger partial charge is 0.404 e. The molecule has 1 atom stereocenters. The first-order valence-corrected chi connectivity index (χ1v) is 9.51. The molecule has 2 fully saturated rings. The zero-order valence-electron chi connectivity index (χ0n) is 13.9. The van der Waals surface area contributed by atoms with Crippen LogP contribution in [0.25, 0.3) is 0 Å². The van der Waals surface area contributed by atoms with Crippen LogP contribution in [0.3, 0.4) is 0 Å². The maximum absolute atomic E-state index is 12.8. The van der Waals surface area contributed by atoms with Gasteiger partial charge in [-0.15, -0.1) is 25.6 Å². The minimum absolute atomic E-state index is 0. The molecular weight excluding hydrogens is 395 g/mol. The van der Waals surface area contributed by atoms with Crippen LogP contribution in [0, 0.1) is 0 Å². The number of sulfonamides is 1. The van der Waals surface area contributed by atoms with Gasteiger partial charge >= 0.3 is 6.36 Å². The molecule has 1 N–H and O–H groups in total. The number of rotatable bonds is 4. The Hall–Kier alpha value is -1.07. The summed E-state index contributed by atoms with van der Waals surface area (Å²) in [4.78, 5) is 1.78. The summed E-state index contributed by atoms with van der Waals surface area (Å²) in [6.45, 7) is 3.95. The van der Waals surface area contributed by atoms with Crippen LogP contribution in [0.2, 0.25) is 0 Å². The normalized spacial score (nSPS) is 22.8. The number of hydrogen-bond acceptors (Lipinski definition) is 5. The van der Waals surface area contributed by atoms with Gasteiger partial charge in [-0.3, -0.25) is 4.90 Å². The van der Waals surface area contributed by atoms with E-state index >= 15 is 0 Å². The minimum Gasteiger partial charge on any atom is -0.404 e. The van der Waals surface area contributed by atoms with Crippen LogP contribution in [0.15, 0.2) is 29.2 Å². The molecule has 1 unspecified atom stereocenters. The van der Waals surface area contributed by atoms with Crippen LogP contribution in [0.1, 0.15) is 6.42 Å². The molecule has 0 aliphatic carbocycles. The first-order valence-electron chi connectivity index (χ1n) is 8.07. The number of halogens is 4. The van der Waals surface area contributed by atoms with Crippen LogP contribution in [0.5, 0.6) is 5.75 Å². The van der Waals surface area contributed by atoms with Gasteiger partial charge in [-0.05, 0) is 18.6 Å². The third-order valence-corrected chi connectivity index (χ3v) is 6.39. The highest BCUT2D eigenvalue weighted by Gasteiger charge is 2.39. The van der Waals surface area contributed by atoms with E-state index in [1.807, 2.05) is 0 Å². The summed E-state index contributed by atoms with van der Waals surface area (Å²) in [5.41, 5.74) is 0. The van der Waals surface area contributed by atoms with Crippen molar-refractivity contribution >= 4 is 22.4 Å². The van der Waals surface area contributed by atoms with E-state index in [9.17, 15) is 21.6 Å². The van der Waals surface area contributed by atoms with Crippen LogP contribution >= 0.6 is 12.4 Å². The van der Waals surface area contributed by atoms with E-state index in [4.69, 9.17) is 0 Å². The van der Waals surface area contributed by atoms with Gasteiger partial charge in [0.2, 0.25) is 10.0 Å². The van der Waals surface area contributed by atoms with Gasteiger partial charge in [-0.2, -0.15) is 4.31 Å². The molecule has 0 spiro atoms. The Morgan fingerprint density at radius 1 is 1.12 bits per heavy atom. The second-order valence-corrected chi connectivity index (χ2v) is 7.99. The number of hydrogen-bond donors (Lipinski definition) is 1. The van der Waals surface area contributed by atoms with Gasteiger partial charge in [0.1, 0.15) is 10.6 Å². The van der Waals surface area contributed by atoms with Gasteiger partial charge in [0, 0.05) is 45.3 Å². The van der Waals surface area contributed by atoms with Gasteiger partial charge in [-0.1, -0.05) is 12.1 Å². The number of nitrogens with zero attached hydrogens (tertiary/aromatic N) is 2. The summed E-state index contributed by atoms with van der Waals surface area (Å²) in [6, 6.07) is 4.96. The Labute approximate surface area is 156 Å². The molecule has 26 heavy (non-hydrogen) atoms. The Morgan fingerprint density at radius 3 is 2.42 bits per heavy atom. The Bertz CT molecular complexity index is 712. The lowest BCUT2D eigenvalue weighted by molar-refractivity contribution is -0.275. The first-order chi connectivity index (χ1) is 11.8. The Morgan fingerprint density at radius 2 is 1.77 bits per heavy atom. The number of piperazine rings is 1. The molecule has 2 heterocycles. The SMILES string of the molecule is Cl.O=S(=O)(c1ccccc1OC(F)(F)F)N1CCC(N2CCNCC2)C1. The van der Waals surface area contributed by atoms with E-state index in [1.54, 1.807) is 0 Å². The van der Waals surface area contributed by atoms with E-state index in [-0.39, 0.29) is 31.5 Å². The Kier molecular flexibility index (Phi) is 6.78. The summed E-state index contributed by atoms with van der Waals surface area (Å²) >= 11 is 0. The third-order valence-electron chi connectivity index (χ3n) is 4.49. The highest BCUT2D eigenvalue weighted by Crippen LogP contribution is 2.33. The predicted octanol–water partition coefficient (Wildman–Crippen LogP) is 1.68. The van der Waals surface area contributed by atoms with Crippen molar-refractivity contribution in [1.29, 1.82) is 0 Å². The van der Waals surface area contributed by atoms with Crippen molar-refractivity contribution in [2.75, 3.05) is 39.3 Å². The monoisotopic (exact) mass is 415 g/mol. The average Bonchev–Trinajstić information content (AvgIpc) is 3.05. The number of nitrogens with one attached hydrogen (secondary N) is 1. The van der Waals surface area contributed by atoms with Crippen molar-refractivity contribution in [3.05, 3.63) is 24.3 Å². The fourth-order valence-corrected chi connectivity index (χ4v) is 4.89. The van der Waals surface area contributed by atoms with Crippen LogP contribution < -0.4 is 10.1 Å². The maximum atomic E-state index is 12.8. The lowest BCUT2D eigenvalue weighted by Crippen LogP contribution is -2.49. The van der Waals surface area contributed by atoms with Crippen molar-refractivity contribution in [2.45, 2.75) is 23.7 Å². The van der Waals surface area contributed by atoms with Crippen LogP contribution in [0.4, 0.5) is 13.2 Å². The summed E-state index contributed by atoms with van der Waals surface area (Å²) < 4.78 is 68.4. The summed E-state index contributed by atoms with van der Waals surface area (Å²) in [5.74, 6) is -0.694. The van der Waals surface area contributed by atoms with E-state index in [2.05, 4.69) is 15.0 Å². The molecule has 0 saturated carbocycles. The van der Waals surface area contributed by atoms with Crippen LogP contribution in [-0.2, 0) is 10.0 Å². The van der Waals surface area contributed by atoms with Gasteiger partial charge in [0.15, 0.2) is 0 Å². The number of alkyl halides is 3. The molecule has 3 rings (SSSR count). The summed E-state index contributed by atoms with van der Waals surface area (Å²) in [6.07, 6.45) is -4.28. The second-order valence-electron chi connectivity index (χ2n) is 6.09. The highest BCUT2D eigenvalue weighted by atomic mass is 35.5. The molecular formula is C15H21ClF3N3O3S. The minimum atomic E-state index is -4.94. The number of para-hydroxylation sites is 1. The molecule has 0 radical (unpaired) electrons. The van der Waals surface area contributed by atoms with E-state index in [0.717, 1.165) is 38.3 Å². The topological polar surface area (TPSA) is 61.9 Å². The first kappa shape index (κ1) is 21.2. The summed E-state index contributed by atoms with van der Waals surface area (Å²) in [5, 5.41) is 3.24. The van der Waals surface area contributed by atoms with Crippen molar-refractivity contribution < 1.29 is 26.3 Å². The van der Waals surface area contributed by atoms with E-state index in [1.165, 1.54) is 16.4 Å². The standard InChI is InChI=1S/C15H20F3N3O3S.ClH/c16-15(17,18)24-13-3-1-2-4-14(13)25(22,23)21-8-5-12(11-21)20-9-6-19-7-10-20;/h1-4,12,19H,5-11H2;1H. The zero-order valence-corrected chi connectivity index (χ0v) is 15.5. The largest absolute Gasteiger partial charge is 0.573 e. The van der Waals surface area contributed by atoms with Crippen molar-refractivity contribution in [3.8, 4) is 5.75 Å². The molecule has 2 aliphatic heterocycles. The summed E-state index contributed by atoms with van der Waals surface area (Å²) in [7, 11) is -4.05. The number of ether oxygens (including phenoxy) is 1. The Balaban J connectivity index is 0.00000243. The molecule has 148 valence electrons. The fraction of sp³-hybridized carbons (Fsp3) is 0.600. The van der Waals surface area contributed by atoms with Gasteiger partial charge in [-0.25, -0.2) is 8.42 Å². The van der Waals surface area contributed by atoms with Crippen molar-refractivity contribution in [1.82, 2.24) is 14.5 Å². The van der Waals surface area contributed by atoms with Gasteiger partial charge < -0.3 is 10.1 Å². The lowest BCUT2D eigenvalue weighted by Gasteiger charge is -2.32. The van der Waals surface area contributed by atoms with E-state index < -0.39 is 27.0 Å². The maximum Gasteiger partial charge on any atom is 0.573 e. The molecule has 2 aliphatic rings.